The summed E-state index contributed by atoms with van der Waals surface area (Å²) in [4.78, 5) is 12.2. The predicted molar refractivity (Wildman–Crippen MR) is 110 cm³/mol. The van der Waals surface area contributed by atoms with E-state index in [1.54, 1.807) is 0 Å². The number of halogens is 1. The van der Waals surface area contributed by atoms with Crippen molar-refractivity contribution in [3.8, 4) is 5.75 Å². The molecule has 0 spiro atoms. The van der Waals surface area contributed by atoms with Crippen LogP contribution in [-0.4, -0.2) is 32.5 Å². The molecule has 1 saturated carbocycles. The monoisotopic (exact) mass is 452 g/mol. The summed E-state index contributed by atoms with van der Waals surface area (Å²) in [7, 11) is 0. The van der Waals surface area contributed by atoms with Gasteiger partial charge in [-0.3, -0.25) is 4.79 Å². The molecular weight excluding hydrogens is 428 g/mol. The fourth-order valence-corrected chi connectivity index (χ4v) is 4.33. The van der Waals surface area contributed by atoms with Crippen LogP contribution in [-0.2, 0) is 11.3 Å². The van der Waals surface area contributed by atoms with E-state index < -0.39 is 0 Å². The largest absolute Gasteiger partial charge is 0.483 e. The number of carbonyl (C=O) groups excluding carboxylic acids is 1. The number of nitrogens with zero attached hydrogens (tertiary/aromatic N) is 3. The summed E-state index contributed by atoms with van der Waals surface area (Å²) < 4.78 is 9.01. The Morgan fingerprint density at radius 2 is 2.04 bits per heavy atom. The second kappa shape index (κ2) is 9.59. The van der Waals surface area contributed by atoms with E-state index >= 15 is 0 Å². The molecule has 1 N–H and O–H groups in total. The number of aromatic nitrogens is 3. The first-order valence-corrected chi connectivity index (χ1v) is 11.1. The molecule has 1 atom stereocenters. The van der Waals surface area contributed by atoms with Crippen LogP contribution in [0.3, 0.4) is 0 Å². The van der Waals surface area contributed by atoms with E-state index in [2.05, 4.69) is 31.4 Å². The van der Waals surface area contributed by atoms with Crippen LogP contribution in [0.15, 0.2) is 33.9 Å². The number of hydrogen-bond donors (Lipinski definition) is 1. The molecule has 3 rings (SSSR count). The zero-order valence-electron chi connectivity index (χ0n) is 15.7. The number of nitrogens with one attached hydrogen (secondary N) is 1. The molecule has 146 valence electrons. The first kappa shape index (κ1) is 20.2. The Morgan fingerprint density at radius 3 is 2.70 bits per heavy atom. The molecule has 1 aliphatic rings. The standard InChI is InChI=1S/C19H25BrN4O2S/c1-3-24-18(13(2)26-16-10-8-14(20)9-11-16)22-23-19(24)27-12-17(25)21-15-6-4-5-7-15/h8-11,13,15H,3-7,12H2,1-2H3,(H,21,25). The van der Waals surface area contributed by atoms with Gasteiger partial charge in [-0.05, 0) is 51.0 Å². The Hall–Kier alpha value is -1.54. The molecule has 0 bridgehead atoms. The highest BCUT2D eigenvalue weighted by Crippen LogP contribution is 2.25. The molecule has 1 aliphatic carbocycles. The van der Waals surface area contributed by atoms with Crippen LogP contribution in [0.25, 0.3) is 0 Å². The van der Waals surface area contributed by atoms with Crippen LogP contribution >= 0.6 is 27.7 Å². The Morgan fingerprint density at radius 1 is 1.33 bits per heavy atom. The van der Waals surface area contributed by atoms with Gasteiger partial charge in [-0.15, -0.1) is 10.2 Å². The van der Waals surface area contributed by atoms with E-state index in [1.165, 1.54) is 24.6 Å². The minimum absolute atomic E-state index is 0.0678. The summed E-state index contributed by atoms with van der Waals surface area (Å²) in [5.41, 5.74) is 0. The van der Waals surface area contributed by atoms with E-state index in [1.807, 2.05) is 42.7 Å². The zero-order chi connectivity index (χ0) is 19.2. The maximum absolute atomic E-state index is 12.2. The molecule has 1 aromatic heterocycles. The second-order valence-electron chi connectivity index (χ2n) is 6.64. The van der Waals surface area contributed by atoms with E-state index in [4.69, 9.17) is 4.74 Å². The molecule has 0 aliphatic heterocycles. The molecule has 1 amide bonds. The quantitative estimate of drug-likeness (QED) is 0.602. The van der Waals surface area contributed by atoms with Crippen molar-refractivity contribution in [2.75, 3.05) is 5.75 Å². The highest BCUT2D eigenvalue weighted by Gasteiger charge is 2.21. The van der Waals surface area contributed by atoms with E-state index in [-0.39, 0.29) is 12.0 Å². The van der Waals surface area contributed by atoms with E-state index in [9.17, 15) is 4.79 Å². The Balaban J connectivity index is 1.59. The van der Waals surface area contributed by atoms with Gasteiger partial charge in [0.15, 0.2) is 17.1 Å². The van der Waals surface area contributed by atoms with Gasteiger partial charge in [0.2, 0.25) is 5.91 Å². The summed E-state index contributed by atoms with van der Waals surface area (Å²) in [5, 5.41) is 12.4. The summed E-state index contributed by atoms with van der Waals surface area (Å²) in [6, 6.07) is 8.05. The number of carbonyl (C=O) groups is 1. The summed E-state index contributed by atoms with van der Waals surface area (Å²) in [6.45, 7) is 4.73. The highest BCUT2D eigenvalue weighted by molar-refractivity contribution is 9.10. The van der Waals surface area contributed by atoms with Gasteiger partial charge in [0.05, 0.1) is 5.75 Å². The SMILES string of the molecule is CCn1c(SCC(=O)NC2CCCC2)nnc1C(C)Oc1ccc(Br)cc1. The van der Waals surface area contributed by atoms with Crippen molar-refractivity contribution >= 4 is 33.6 Å². The van der Waals surface area contributed by atoms with Gasteiger partial charge < -0.3 is 14.6 Å². The van der Waals surface area contributed by atoms with Crippen molar-refractivity contribution in [3.05, 3.63) is 34.6 Å². The lowest BCUT2D eigenvalue weighted by atomic mass is 10.2. The van der Waals surface area contributed by atoms with Crippen molar-refractivity contribution in [3.63, 3.8) is 0 Å². The van der Waals surface area contributed by atoms with Gasteiger partial charge in [0, 0.05) is 17.1 Å². The summed E-state index contributed by atoms with van der Waals surface area (Å²) in [6.07, 6.45) is 4.37. The first-order valence-electron chi connectivity index (χ1n) is 9.34. The molecule has 1 fully saturated rings. The normalized spacial score (nSPS) is 15.7. The van der Waals surface area contributed by atoms with Gasteiger partial charge in [0.25, 0.3) is 0 Å². The molecule has 6 nitrogen and oxygen atoms in total. The van der Waals surface area contributed by atoms with Crippen LogP contribution in [0.4, 0.5) is 0 Å². The number of amides is 1. The van der Waals surface area contributed by atoms with Crippen molar-refractivity contribution < 1.29 is 9.53 Å². The van der Waals surface area contributed by atoms with Gasteiger partial charge in [0.1, 0.15) is 5.75 Å². The average Bonchev–Trinajstić information content (AvgIpc) is 3.31. The number of ether oxygens (including phenoxy) is 1. The molecule has 2 aromatic rings. The van der Waals surface area contributed by atoms with Crippen molar-refractivity contribution in [2.24, 2.45) is 0 Å². The highest BCUT2D eigenvalue weighted by atomic mass is 79.9. The molecule has 0 radical (unpaired) electrons. The maximum atomic E-state index is 12.2. The van der Waals surface area contributed by atoms with E-state index in [0.717, 1.165) is 40.6 Å². The fraction of sp³-hybridized carbons (Fsp3) is 0.526. The van der Waals surface area contributed by atoms with Crippen LogP contribution in [0, 0.1) is 0 Å². The molecular formula is C19H25BrN4O2S. The van der Waals surface area contributed by atoms with E-state index in [0.29, 0.717) is 11.8 Å². The topological polar surface area (TPSA) is 69.0 Å². The first-order chi connectivity index (χ1) is 13.1. The van der Waals surface area contributed by atoms with Crippen molar-refractivity contribution in [2.45, 2.75) is 63.4 Å². The third kappa shape index (κ3) is 5.48. The molecule has 1 aromatic carbocycles. The number of hydrogen-bond acceptors (Lipinski definition) is 5. The average molecular weight is 453 g/mol. The van der Waals surface area contributed by atoms with Crippen molar-refractivity contribution in [1.82, 2.24) is 20.1 Å². The third-order valence-electron chi connectivity index (χ3n) is 4.60. The zero-order valence-corrected chi connectivity index (χ0v) is 18.1. The maximum Gasteiger partial charge on any atom is 0.230 e. The lowest BCUT2D eigenvalue weighted by molar-refractivity contribution is -0.119. The predicted octanol–water partition coefficient (Wildman–Crippen LogP) is 4.35. The van der Waals surface area contributed by atoms with Crippen LogP contribution in [0.1, 0.15) is 51.5 Å². The Bertz CT molecular complexity index is 760. The summed E-state index contributed by atoms with van der Waals surface area (Å²) >= 11 is 4.85. The Labute approximate surface area is 172 Å². The number of benzene rings is 1. The fourth-order valence-electron chi connectivity index (χ4n) is 3.24. The molecule has 1 unspecified atom stereocenters. The smallest absolute Gasteiger partial charge is 0.230 e. The van der Waals surface area contributed by atoms with Gasteiger partial charge in [-0.25, -0.2) is 0 Å². The van der Waals surface area contributed by atoms with Gasteiger partial charge in [-0.2, -0.15) is 0 Å². The van der Waals surface area contributed by atoms with Gasteiger partial charge >= 0.3 is 0 Å². The van der Waals surface area contributed by atoms with Crippen molar-refractivity contribution in [1.29, 1.82) is 0 Å². The molecule has 8 heteroatoms. The minimum atomic E-state index is -0.236. The lowest BCUT2D eigenvalue weighted by Gasteiger charge is -2.16. The van der Waals surface area contributed by atoms with Crippen LogP contribution < -0.4 is 10.1 Å². The third-order valence-corrected chi connectivity index (χ3v) is 6.10. The molecule has 0 saturated heterocycles. The summed E-state index contributed by atoms with van der Waals surface area (Å²) in [5.74, 6) is 1.97. The van der Waals surface area contributed by atoms with Gasteiger partial charge in [-0.1, -0.05) is 40.5 Å². The minimum Gasteiger partial charge on any atom is -0.483 e. The van der Waals surface area contributed by atoms with Crippen LogP contribution in [0.2, 0.25) is 0 Å². The number of thioether (sulfide) groups is 1. The van der Waals surface area contributed by atoms with Crippen LogP contribution in [0.5, 0.6) is 5.75 Å². The lowest BCUT2D eigenvalue weighted by Crippen LogP contribution is -2.33. The molecule has 27 heavy (non-hydrogen) atoms. The Kier molecular flexibility index (Phi) is 7.18. The molecule has 1 heterocycles. The second-order valence-corrected chi connectivity index (χ2v) is 8.49. The number of rotatable bonds is 8.